The second-order valence-electron chi connectivity index (χ2n) is 5.39. The lowest BCUT2D eigenvalue weighted by molar-refractivity contribution is -0.121. The van der Waals surface area contributed by atoms with Gasteiger partial charge < -0.3 is 5.32 Å². The number of pyridine rings is 1. The molecule has 0 atom stereocenters. The number of benzene rings is 1. The normalized spacial score (nSPS) is 10.3. The van der Waals surface area contributed by atoms with E-state index >= 15 is 0 Å². The van der Waals surface area contributed by atoms with Gasteiger partial charge in [0.1, 0.15) is 0 Å². The van der Waals surface area contributed by atoms with Gasteiger partial charge in [-0.05, 0) is 24.1 Å². The summed E-state index contributed by atoms with van der Waals surface area (Å²) in [5.41, 5.74) is 2.82. The zero-order valence-electron chi connectivity index (χ0n) is 13.4. The molecule has 0 aliphatic heterocycles. The van der Waals surface area contributed by atoms with Crippen LogP contribution in [0.2, 0.25) is 0 Å². The Bertz CT molecular complexity index is 636. The number of rotatable bonds is 8. The number of nitrogens with one attached hydrogen (secondary N) is 1. The van der Waals surface area contributed by atoms with E-state index in [4.69, 9.17) is 0 Å². The van der Waals surface area contributed by atoms with Gasteiger partial charge in [-0.1, -0.05) is 37.3 Å². The monoisotopic (exact) mass is 310 g/mol. The molecule has 0 saturated heterocycles. The van der Waals surface area contributed by atoms with Crippen molar-refractivity contribution in [1.82, 2.24) is 10.3 Å². The van der Waals surface area contributed by atoms with Crippen molar-refractivity contribution in [2.75, 3.05) is 6.54 Å². The Kier molecular flexibility index (Phi) is 6.48. The third-order valence-electron chi connectivity index (χ3n) is 3.69. The van der Waals surface area contributed by atoms with Crippen molar-refractivity contribution in [3.05, 3.63) is 65.5 Å². The summed E-state index contributed by atoms with van der Waals surface area (Å²) in [6, 6.07) is 13.3. The maximum atomic E-state index is 12.1. The van der Waals surface area contributed by atoms with Crippen LogP contribution in [0.25, 0.3) is 0 Å². The minimum atomic E-state index is -0.0977. The summed E-state index contributed by atoms with van der Waals surface area (Å²) in [6.45, 7) is 2.61. The average Bonchev–Trinajstić information content (AvgIpc) is 2.60. The van der Waals surface area contributed by atoms with E-state index < -0.39 is 0 Å². The number of nitrogens with zero attached hydrogens (tertiary/aromatic N) is 1. The molecular formula is C19H22N2O2. The van der Waals surface area contributed by atoms with Crippen LogP contribution in [0.5, 0.6) is 0 Å². The number of Topliss-reactive ketones (excluding diaryl/α,β-unsaturated/α-hetero) is 1. The Morgan fingerprint density at radius 1 is 1.04 bits per heavy atom. The fraction of sp³-hybridized carbons (Fsp3) is 0.316. The SMILES string of the molecule is CCc1ccc(C(=O)CCC(=O)NCCc2ccccn2)cc1. The Balaban J connectivity index is 1.70. The van der Waals surface area contributed by atoms with E-state index in [1.54, 1.807) is 6.20 Å². The molecule has 0 bridgehead atoms. The Hall–Kier alpha value is -2.49. The van der Waals surface area contributed by atoms with Gasteiger partial charge in [0.2, 0.25) is 5.91 Å². The van der Waals surface area contributed by atoms with Crippen LogP contribution in [-0.2, 0) is 17.6 Å². The molecular weight excluding hydrogens is 288 g/mol. The van der Waals surface area contributed by atoms with Crippen molar-refractivity contribution in [3.63, 3.8) is 0 Å². The lowest BCUT2D eigenvalue weighted by Crippen LogP contribution is -2.26. The van der Waals surface area contributed by atoms with Crippen LogP contribution in [0.1, 0.15) is 41.4 Å². The van der Waals surface area contributed by atoms with E-state index in [0.29, 0.717) is 18.5 Å². The molecule has 1 aromatic carbocycles. The van der Waals surface area contributed by atoms with Crippen molar-refractivity contribution in [1.29, 1.82) is 0 Å². The highest BCUT2D eigenvalue weighted by Crippen LogP contribution is 2.08. The van der Waals surface area contributed by atoms with Crippen LogP contribution in [0, 0.1) is 0 Å². The maximum absolute atomic E-state index is 12.1. The topological polar surface area (TPSA) is 59.1 Å². The molecule has 4 heteroatoms. The summed E-state index contributed by atoms with van der Waals surface area (Å²) in [4.78, 5) is 28.0. The van der Waals surface area contributed by atoms with Gasteiger partial charge in [0.05, 0.1) is 0 Å². The van der Waals surface area contributed by atoms with Gasteiger partial charge in [0.15, 0.2) is 5.78 Å². The highest BCUT2D eigenvalue weighted by molar-refractivity contribution is 5.97. The number of aryl methyl sites for hydroxylation is 1. The van der Waals surface area contributed by atoms with E-state index in [1.165, 1.54) is 5.56 Å². The number of amides is 1. The first kappa shape index (κ1) is 16.9. The van der Waals surface area contributed by atoms with E-state index in [0.717, 1.165) is 12.1 Å². The lowest BCUT2D eigenvalue weighted by Gasteiger charge is -2.05. The molecule has 2 rings (SSSR count). The molecule has 23 heavy (non-hydrogen) atoms. The quantitative estimate of drug-likeness (QED) is 0.763. The summed E-state index contributed by atoms with van der Waals surface area (Å²) >= 11 is 0. The predicted molar refractivity (Wildman–Crippen MR) is 90.3 cm³/mol. The van der Waals surface area contributed by atoms with E-state index in [2.05, 4.69) is 17.2 Å². The highest BCUT2D eigenvalue weighted by Gasteiger charge is 2.09. The number of hydrogen-bond acceptors (Lipinski definition) is 3. The number of ketones is 1. The van der Waals surface area contributed by atoms with Crippen LogP contribution in [0.4, 0.5) is 0 Å². The molecule has 1 heterocycles. The standard InChI is InChI=1S/C19H22N2O2/c1-2-15-6-8-16(9-7-15)18(22)10-11-19(23)21-14-12-17-5-3-4-13-20-17/h3-9,13H,2,10-12,14H2,1H3,(H,21,23). The summed E-state index contributed by atoms with van der Waals surface area (Å²) < 4.78 is 0. The van der Waals surface area contributed by atoms with Crippen LogP contribution in [-0.4, -0.2) is 23.2 Å². The van der Waals surface area contributed by atoms with Gasteiger partial charge in [-0.3, -0.25) is 14.6 Å². The first-order chi connectivity index (χ1) is 11.2. The van der Waals surface area contributed by atoms with Crippen molar-refractivity contribution in [3.8, 4) is 0 Å². The van der Waals surface area contributed by atoms with Crippen molar-refractivity contribution < 1.29 is 9.59 Å². The second-order valence-corrected chi connectivity index (χ2v) is 5.39. The minimum absolute atomic E-state index is 0.00697. The van der Waals surface area contributed by atoms with E-state index in [-0.39, 0.29) is 24.5 Å². The van der Waals surface area contributed by atoms with Crippen molar-refractivity contribution in [2.45, 2.75) is 32.6 Å². The molecule has 1 aromatic heterocycles. The third-order valence-corrected chi connectivity index (χ3v) is 3.69. The lowest BCUT2D eigenvalue weighted by atomic mass is 10.0. The Morgan fingerprint density at radius 3 is 2.48 bits per heavy atom. The van der Waals surface area contributed by atoms with Crippen molar-refractivity contribution >= 4 is 11.7 Å². The molecule has 0 fully saturated rings. The summed E-state index contributed by atoms with van der Waals surface area (Å²) in [5, 5.41) is 2.83. The van der Waals surface area contributed by atoms with Crippen LogP contribution in [0.15, 0.2) is 48.7 Å². The average molecular weight is 310 g/mol. The largest absolute Gasteiger partial charge is 0.356 e. The predicted octanol–water partition coefficient (Wildman–Crippen LogP) is 2.97. The number of carbonyl (C=O) groups excluding carboxylic acids is 2. The van der Waals surface area contributed by atoms with Gasteiger partial charge in [-0.2, -0.15) is 0 Å². The molecule has 1 amide bonds. The smallest absolute Gasteiger partial charge is 0.220 e. The van der Waals surface area contributed by atoms with E-state index in [1.807, 2.05) is 42.5 Å². The fourth-order valence-electron chi connectivity index (χ4n) is 2.26. The zero-order chi connectivity index (χ0) is 16.5. The van der Waals surface area contributed by atoms with Gasteiger partial charge in [-0.25, -0.2) is 0 Å². The summed E-state index contributed by atoms with van der Waals surface area (Å²) in [7, 11) is 0. The zero-order valence-corrected chi connectivity index (χ0v) is 13.4. The molecule has 1 N–H and O–H groups in total. The van der Waals surface area contributed by atoms with Crippen molar-refractivity contribution in [2.24, 2.45) is 0 Å². The molecule has 0 radical (unpaired) electrons. The molecule has 0 unspecified atom stereocenters. The fourth-order valence-corrected chi connectivity index (χ4v) is 2.26. The third kappa shape index (κ3) is 5.66. The number of hydrogen-bond donors (Lipinski definition) is 1. The van der Waals surface area contributed by atoms with Crippen LogP contribution >= 0.6 is 0 Å². The molecule has 0 spiro atoms. The molecule has 0 saturated carbocycles. The Labute approximate surface area is 137 Å². The minimum Gasteiger partial charge on any atom is -0.356 e. The van der Waals surface area contributed by atoms with Gasteiger partial charge >= 0.3 is 0 Å². The number of aromatic nitrogens is 1. The Morgan fingerprint density at radius 2 is 1.83 bits per heavy atom. The molecule has 0 aliphatic rings. The number of carbonyl (C=O) groups is 2. The highest BCUT2D eigenvalue weighted by atomic mass is 16.2. The molecule has 2 aromatic rings. The first-order valence-corrected chi connectivity index (χ1v) is 7.97. The molecule has 4 nitrogen and oxygen atoms in total. The summed E-state index contributed by atoms with van der Waals surface area (Å²) in [5.74, 6) is -0.0908. The van der Waals surface area contributed by atoms with Gasteiger partial charge in [0, 0.05) is 43.3 Å². The first-order valence-electron chi connectivity index (χ1n) is 7.97. The second kappa shape index (κ2) is 8.83. The van der Waals surface area contributed by atoms with Gasteiger partial charge in [-0.15, -0.1) is 0 Å². The molecule has 0 aliphatic carbocycles. The van der Waals surface area contributed by atoms with Crippen LogP contribution in [0.3, 0.4) is 0 Å². The van der Waals surface area contributed by atoms with E-state index in [9.17, 15) is 9.59 Å². The van der Waals surface area contributed by atoms with Gasteiger partial charge in [0.25, 0.3) is 0 Å². The summed E-state index contributed by atoms with van der Waals surface area (Å²) in [6.07, 6.45) is 3.84. The molecule has 120 valence electrons. The maximum Gasteiger partial charge on any atom is 0.220 e. The van der Waals surface area contributed by atoms with Crippen LogP contribution < -0.4 is 5.32 Å².